The Morgan fingerprint density at radius 2 is 1.71 bits per heavy atom. The molecule has 3 aliphatic carbocycles. The number of benzene rings is 2. The quantitative estimate of drug-likeness (QED) is 0.599. The van der Waals surface area contributed by atoms with E-state index in [9.17, 15) is 0 Å². The summed E-state index contributed by atoms with van der Waals surface area (Å²) in [5.74, 6) is 5.08. The van der Waals surface area contributed by atoms with Crippen LogP contribution in [0.4, 0.5) is 0 Å². The highest BCUT2D eigenvalue weighted by Crippen LogP contribution is 2.73. The van der Waals surface area contributed by atoms with Crippen molar-refractivity contribution in [3.8, 4) is 0 Å². The summed E-state index contributed by atoms with van der Waals surface area (Å²) in [5, 5.41) is 2.84. The monoisotopic (exact) mass is 340 g/mol. The van der Waals surface area contributed by atoms with Crippen LogP contribution in [0.15, 0.2) is 36.4 Å². The highest BCUT2D eigenvalue weighted by molar-refractivity contribution is 9.09. The molecule has 2 bridgehead atoms. The first-order chi connectivity index (χ1) is 10.3. The van der Waals surface area contributed by atoms with Gasteiger partial charge in [-0.05, 0) is 77.7 Å². The van der Waals surface area contributed by atoms with Gasteiger partial charge in [-0.3, -0.25) is 0 Å². The summed E-state index contributed by atoms with van der Waals surface area (Å²) in [4.78, 5) is 0.557. The lowest BCUT2D eigenvalue weighted by Crippen LogP contribution is -2.05. The lowest BCUT2D eigenvalue weighted by molar-refractivity contribution is 0.456. The molecule has 0 saturated heterocycles. The van der Waals surface area contributed by atoms with Crippen molar-refractivity contribution < 1.29 is 0 Å². The molecule has 21 heavy (non-hydrogen) atoms. The van der Waals surface area contributed by atoms with Gasteiger partial charge in [-0.25, -0.2) is 0 Å². The molecule has 0 heterocycles. The van der Waals surface area contributed by atoms with Crippen LogP contribution < -0.4 is 0 Å². The molecular formula is C20H21Br. The van der Waals surface area contributed by atoms with Gasteiger partial charge in [-0.2, -0.15) is 0 Å². The first kappa shape index (κ1) is 12.7. The van der Waals surface area contributed by atoms with Gasteiger partial charge in [0.2, 0.25) is 0 Å². The van der Waals surface area contributed by atoms with Gasteiger partial charge in [0.25, 0.3) is 0 Å². The summed E-state index contributed by atoms with van der Waals surface area (Å²) in [6.45, 7) is 2.28. The zero-order valence-corrected chi connectivity index (χ0v) is 14.0. The van der Waals surface area contributed by atoms with E-state index in [4.69, 9.17) is 0 Å². The minimum atomic E-state index is 0.557. The van der Waals surface area contributed by atoms with Crippen LogP contribution in [0.3, 0.4) is 0 Å². The zero-order valence-electron chi connectivity index (χ0n) is 12.4. The summed E-state index contributed by atoms with van der Waals surface area (Å²) < 4.78 is 0. The van der Waals surface area contributed by atoms with E-state index in [2.05, 4.69) is 59.3 Å². The minimum absolute atomic E-state index is 0.557. The first-order valence-electron chi connectivity index (χ1n) is 8.38. The number of aryl methyl sites for hydroxylation is 1. The number of rotatable bonds is 2. The Morgan fingerprint density at radius 1 is 1.00 bits per heavy atom. The van der Waals surface area contributed by atoms with Crippen LogP contribution >= 0.6 is 15.9 Å². The summed E-state index contributed by atoms with van der Waals surface area (Å²) in [6.07, 6.45) is 4.56. The SMILES string of the molecule is Cc1ccc2ccccc2c1C(Br)C1C2C3CCC(C3)C21. The van der Waals surface area contributed by atoms with E-state index in [1.807, 2.05) is 0 Å². The van der Waals surface area contributed by atoms with Gasteiger partial charge in [0.05, 0.1) is 0 Å². The molecule has 0 aromatic heterocycles. The Morgan fingerprint density at radius 3 is 2.48 bits per heavy atom. The summed E-state index contributed by atoms with van der Waals surface area (Å²) in [5.41, 5.74) is 3.01. The molecule has 3 saturated carbocycles. The fourth-order valence-corrected chi connectivity index (χ4v) is 7.06. The second kappa shape index (κ2) is 4.35. The van der Waals surface area contributed by atoms with Crippen molar-refractivity contribution in [3.63, 3.8) is 0 Å². The Labute approximate surface area is 135 Å². The molecule has 5 atom stereocenters. The molecule has 2 aromatic carbocycles. The summed E-state index contributed by atoms with van der Waals surface area (Å²) in [6, 6.07) is 13.5. The average Bonchev–Trinajstić information content (AvgIpc) is 2.94. The number of fused-ring (bicyclic) bond motifs is 6. The zero-order chi connectivity index (χ0) is 14.1. The predicted molar refractivity (Wildman–Crippen MR) is 91.7 cm³/mol. The number of hydrogen-bond acceptors (Lipinski definition) is 0. The molecule has 0 spiro atoms. The van der Waals surface area contributed by atoms with Crippen molar-refractivity contribution in [2.24, 2.45) is 29.6 Å². The Bertz CT molecular complexity index is 703. The molecule has 5 rings (SSSR count). The maximum atomic E-state index is 4.12. The Balaban J connectivity index is 1.57. The molecule has 1 heteroatoms. The summed E-state index contributed by atoms with van der Waals surface area (Å²) in [7, 11) is 0. The topological polar surface area (TPSA) is 0 Å². The van der Waals surface area contributed by atoms with Crippen LogP contribution in [0.1, 0.15) is 35.2 Å². The Kier molecular flexibility index (Phi) is 2.63. The van der Waals surface area contributed by atoms with Crippen molar-refractivity contribution in [1.29, 1.82) is 0 Å². The van der Waals surface area contributed by atoms with Gasteiger partial charge in [-0.15, -0.1) is 0 Å². The van der Waals surface area contributed by atoms with Gasteiger partial charge >= 0.3 is 0 Å². The molecule has 2 aromatic rings. The molecule has 0 aliphatic heterocycles. The van der Waals surface area contributed by atoms with E-state index >= 15 is 0 Å². The molecule has 0 nitrogen and oxygen atoms in total. The van der Waals surface area contributed by atoms with Crippen molar-refractivity contribution in [3.05, 3.63) is 47.5 Å². The number of halogens is 1. The van der Waals surface area contributed by atoms with Crippen molar-refractivity contribution >= 4 is 26.7 Å². The molecule has 0 amide bonds. The van der Waals surface area contributed by atoms with Gasteiger partial charge in [-0.1, -0.05) is 52.3 Å². The van der Waals surface area contributed by atoms with E-state index in [-0.39, 0.29) is 0 Å². The van der Waals surface area contributed by atoms with E-state index in [0.29, 0.717) is 4.83 Å². The molecule has 5 unspecified atom stereocenters. The third-order valence-corrected chi connectivity index (χ3v) is 7.67. The standard InChI is InChI=1S/C20H21Br/c1-11-6-7-12-4-2-3-5-15(12)16(11)20(21)19-17-13-8-9-14(10-13)18(17)19/h2-7,13-14,17-20H,8-10H2,1H3. The predicted octanol–water partition coefficient (Wildman–Crippen LogP) is 5.88. The van der Waals surface area contributed by atoms with E-state index in [1.165, 1.54) is 29.2 Å². The third-order valence-electron chi connectivity index (χ3n) is 6.60. The molecule has 0 radical (unpaired) electrons. The van der Waals surface area contributed by atoms with Gasteiger partial charge < -0.3 is 0 Å². The summed E-state index contributed by atoms with van der Waals surface area (Å²) >= 11 is 4.12. The van der Waals surface area contributed by atoms with Crippen molar-refractivity contribution in [1.82, 2.24) is 0 Å². The molecule has 108 valence electrons. The second-order valence-corrected chi connectivity index (χ2v) is 8.47. The fourth-order valence-electron chi connectivity index (χ4n) is 5.75. The normalized spacial score (nSPS) is 37.7. The van der Waals surface area contributed by atoms with Crippen LogP contribution in [0.5, 0.6) is 0 Å². The second-order valence-electron chi connectivity index (χ2n) is 7.48. The molecule has 0 N–H and O–H groups in total. The van der Waals surface area contributed by atoms with Gasteiger partial charge in [0, 0.05) is 4.83 Å². The van der Waals surface area contributed by atoms with Gasteiger partial charge in [0.15, 0.2) is 0 Å². The lowest BCUT2D eigenvalue weighted by Gasteiger charge is -2.19. The minimum Gasteiger partial charge on any atom is -0.0835 e. The molecule has 3 aliphatic rings. The lowest BCUT2D eigenvalue weighted by atomic mass is 9.91. The fraction of sp³-hybridized carbons (Fsp3) is 0.500. The maximum Gasteiger partial charge on any atom is 0.0437 e. The van der Waals surface area contributed by atoms with Crippen LogP contribution in [0, 0.1) is 36.5 Å². The van der Waals surface area contributed by atoms with E-state index in [0.717, 1.165) is 29.6 Å². The van der Waals surface area contributed by atoms with E-state index in [1.54, 1.807) is 12.0 Å². The highest BCUT2D eigenvalue weighted by atomic mass is 79.9. The highest BCUT2D eigenvalue weighted by Gasteiger charge is 2.66. The van der Waals surface area contributed by atoms with E-state index < -0.39 is 0 Å². The smallest absolute Gasteiger partial charge is 0.0437 e. The van der Waals surface area contributed by atoms with Crippen LogP contribution in [-0.2, 0) is 0 Å². The van der Waals surface area contributed by atoms with Crippen LogP contribution in [0.2, 0.25) is 0 Å². The van der Waals surface area contributed by atoms with Crippen LogP contribution in [-0.4, -0.2) is 0 Å². The number of hydrogen-bond donors (Lipinski definition) is 0. The van der Waals surface area contributed by atoms with Gasteiger partial charge in [0.1, 0.15) is 0 Å². The molecule has 3 fully saturated rings. The van der Waals surface area contributed by atoms with Crippen molar-refractivity contribution in [2.75, 3.05) is 0 Å². The average molecular weight is 341 g/mol. The number of alkyl halides is 1. The third kappa shape index (κ3) is 1.67. The first-order valence-corrected chi connectivity index (χ1v) is 9.29. The van der Waals surface area contributed by atoms with Crippen LogP contribution in [0.25, 0.3) is 10.8 Å². The largest absolute Gasteiger partial charge is 0.0835 e. The Hall–Kier alpha value is -0.820. The van der Waals surface area contributed by atoms with Crippen molar-refractivity contribution in [2.45, 2.75) is 31.0 Å². The molecular weight excluding hydrogens is 320 g/mol. The maximum absolute atomic E-state index is 4.12.